The van der Waals surface area contributed by atoms with Crippen molar-refractivity contribution in [1.29, 1.82) is 0 Å². The highest BCUT2D eigenvalue weighted by atomic mass is 79.9. The standard InChI is InChI=1S/C16H23Br2N/c1-3-19-16(12-6-4-5-11(2)9-12)14-10-13(17)7-8-15(14)18/h7-8,10-12,16,19H,3-6,9H2,1-2H3. The zero-order chi connectivity index (χ0) is 13.8. The lowest BCUT2D eigenvalue weighted by molar-refractivity contribution is 0.225. The van der Waals surface area contributed by atoms with Crippen molar-refractivity contribution in [1.82, 2.24) is 5.32 Å². The molecule has 0 amide bonds. The molecule has 0 saturated heterocycles. The number of hydrogen-bond acceptors (Lipinski definition) is 1. The van der Waals surface area contributed by atoms with E-state index in [9.17, 15) is 0 Å². The molecule has 0 aromatic heterocycles. The monoisotopic (exact) mass is 387 g/mol. The average Bonchev–Trinajstić information content (AvgIpc) is 2.39. The van der Waals surface area contributed by atoms with Crippen molar-refractivity contribution in [3.63, 3.8) is 0 Å². The van der Waals surface area contributed by atoms with E-state index in [0.717, 1.165) is 22.9 Å². The summed E-state index contributed by atoms with van der Waals surface area (Å²) >= 11 is 7.32. The second-order valence-electron chi connectivity index (χ2n) is 5.73. The van der Waals surface area contributed by atoms with Gasteiger partial charge in [0.2, 0.25) is 0 Å². The molecular formula is C16H23Br2N. The van der Waals surface area contributed by atoms with Gasteiger partial charge in [-0.25, -0.2) is 0 Å². The first-order valence-electron chi connectivity index (χ1n) is 7.30. The van der Waals surface area contributed by atoms with Crippen LogP contribution in [0.4, 0.5) is 0 Å². The SMILES string of the molecule is CCNC(c1cc(Br)ccc1Br)C1CCCC(C)C1. The van der Waals surface area contributed by atoms with Crippen LogP contribution in [0.5, 0.6) is 0 Å². The third-order valence-electron chi connectivity index (χ3n) is 4.17. The first-order valence-corrected chi connectivity index (χ1v) is 8.88. The lowest BCUT2D eigenvalue weighted by atomic mass is 9.76. The molecule has 1 N–H and O–H groups in total. The van der Waals surface area contributed by atoms with Crippen molar-refractivity contribution >= 4 is 31.9 Å². The van der Waals surface area contributed by atoms with E-state index in [1.807, 2.05) is 0 Å². The summed E-state index contributed by atoms with van der Waals surface area (Å²) in [5.74, 6) is 1.63. The summed E-state index contributed by atoms with van der Waals surface area (Å²) in [5, 5.41) is 3.71. The number of benzene rings is 1. The van der Waals surface area contributed by atoms with Gasteiger partial charge < -0.3 is 5.32 Å². The van der Waals surface area contributed by atoms with E-state index >= 15 is 0 Å². The van der Waals surface area contributed by atoms with Gasteiger partial charge in [-0.05, 0) is 55.0 Å². The smallest absolute Gasteiger partial charge is 0.0360 e. The van der Waals surface area contributed by atoms with Gasteiger partial charge in [-0.15, -0.1) is 0 Å². The fourth-order valence-electron chi connectivity index (χ4n) is 3.29. The normalized spacial score (nSPS) is 25.3. The minimum absolute atomic E-state index is 0.472. The highest BCUT2D eigenvalue weighted by molar-refractivity contribution is 9.11. The first-order chi connectivity index (χ1) is 9.11. The molecule has 0 spiro atoms. The maximum Gasteiger partial charge on any atom is 0.0360 e. The summed E-state index contributed by atoms with van der Waals surface area (Å²) in [7, 11) is 0. The molecule has 0 heterocycles. The molecule has 1 aromatic carbocycles. The topological polar surface area (TPSA) is 12.0 Å². The zero-order valence-electron chi connectivity index (χ0n) is 11.8. The number of hydrogen-bond donors (Lipinski definition) is 1. The largest absolute Gasteiger partial charge is 0.310 e. The van der Waals surface area contributed by atoms with Gasteiger partial charge in [0.05, 0.1) is 0 Å². The average molecular weight is 389 g/mol. The Labute approximate surface area is 133 Å². The van der Waals surface area contributed by atoms with Crippen LogP contribution in [0, 0.1) is 11.8 Å². The van der Waals surface area contributed by atoms with Gasteiger partial charge in [0.15, 0.2) is 0 Å². The third-order valence-corrected chi connectivity index (χ3v) is 5.38. The van der Waals surface area contributed by atoms with Crippen LogP contribution < -0.4 is 5.32 Å². The Morgan fingerprint density at radius 1 is 1.32 bits per heavy atom. The fraction of sp³-hybridized carbons (Fsp3) is 0.625. The highest BCUT2D eigenvalue weighted by Gasteiger charge is 2.28. The maximum atomic E-state index is 3.72. The molecule has 0 aliphatic heterocycles. The zero-order valence-corrected chi connectivity index (χ0v) is 14.9. The van der Waals surface area contributed by atoms with E-state index in [1.54, 1.807) is 0 Å². The molecule has 1 aliphatic rings. The summed E-state index contributed by atoms with van der Waals surface area (Å²) in [5.41, 5.74) is 1.40. The molecule has 3 atom stereocenters. The lowest BCUT2D eigenvalue weighted by Gasteiger charge is -2.34. The van der Waals surface area contributed by atoms with Crippen molar-refractivity contribution in [2.24, 2.45) is 11.8 Å². The fourth-order valence-corrected chi connectivity index (χ4v) is 4.16. The van der Waals surface area contributed by atoms with Crippen LogP contribution in [-0.4, -0.2) is 6.54 Å². The van der Waals surface area contributed by atoms with Crippen LogP contribution >= 0.6 is 31.9 Å². The number of nitrogens with one attached hydrogen (secondary N) is 1. The van der Waals surface area contributed by atoms with E-state index in [0.29, 0.717) is 6.04 Å². The molecule has 2 rings (SSSR count). The van der Waals surface area contributed by atoms with Crippen LogP contribution in [0.1, 0.15) is 51.1 Å². The van der Waals surface area contributed by atoms with E-state index in [-0.39, 0.29) is 0 Å². The summed E-state index contributed by atoms with van der Waals surface area (Å²) in [4.78, 5) is 0. The second kappa shape index (κ2) is 7.24. The van der Waals surface area contributed by atoms with E-state index in [4.69, 9.17) is 0 Å². The van der Waals surface area contributed by atoms with Crippen LogP contribution in [0.25, 0.3) is 0 Å². The van der Waals surface area contributed by atoms with Gasteiger partial charge >= 0.3 is 0 Å². The Morgan fingerprint density at radius 3 is 2.79 bits per heavy atom. The van der Waals surface area contributed by atoms with E-state index < -0.39 is 0 Å². The molecule has 1 fully saturated rings. The van der Waals surface area contributed by atoms with Crippen LogP contribution in [-0.2, 0) is 0 Å². The minimum atomic E-state index is 0.472. The third kappa shape index (κ3) is 4.05. The van der Waals surface area contributed by atoms with E-state index in [2.05, 4.69) is 69.2 Å². The summed E-state index contributed by atoms with van der Waals surface area (Å²) in [6.07, 6.45) is 5.46. The quantitative estimate of drug-likeness (QED) is 0.698. The molecule has 1 aromatic rings. The van der Waals surface area contributed by atoms with Crippen LogP contribution in [0.2, 0.25) is 0 Å². The molecule has 3 unspecified atom stereocenters. The van der Waals surface area contributed by atoms with Gasteiger partial charge in [-0.2, -0.15) is 0 Å². The maximum absolute atomic E-state index is 3.72. The van der Waals surface area contributed by atoms with Gasteiger partial charge in [-0.3, -0.25) is 0 Å². The molecular weight excluding hydrogens is 366 g/mol. The second-order valence-corrected chi connectivity index (χ2v) is 7.50. The Hall–Kier alpha value is 0.140. The first kappa shape index (κ1) is 15.5. The Kier molecular flexibility index (Phi) is 5.91. The Bertz CT molecular complexity index is 419. The van der Waals surface area contributed by atoms with Crippen molar-refractivity contribution in [3.05, 3.63) is 32.7 Å². The molecule has 1 saturated carbocycles. The van der Waals surface area contributed by atoms with E-state index in [1.165, 1.54) is 35.7 Å². The predicted molar refractivity (Wildman–Crippen MR) is 89.4 cm³/mol. The molecule has 106 valence electrons. The van der Waals surface area contributed by atoms with Gasteiger partial charge in [0, 0.05) is 15.0 Å². The Morgan fingerprint density at radius 2 is 2.11 bits per heavy atom. The molecule has 0 bridgehead atoms. The lowest BCUT2D eigenvalue weighted by Crippen LogP contribution is -2.31. The van der Waals surface area contributed by atoms with Crippen LogP contribution in [0.15, 0.2) is 27.1 Å². The van der Waals surface area contributed by atoms with Crippen LogP contribution in [0.3, 0.4) is 0 Å². The molecule has 3 heteroatoms. The predicted octanol–water partition coefficient (Wildman–Crippen LogP) is 5.69. The summed E-state index contributed by atoms with van der Waals surface area (Å²) < 4.78 is 2.39. The molecule has 1 aliphatic carbocycles. The van der Waals surface area contributed by atoms with Crippen molar-refractivity contribution < 1.29 is 0 Å². The van der Waals surface area contributed by atoms with Gasteiger partial charge in [-0.1, -0.05) is 58.5 Å². The van der Waals surface area contributed by atoms with Crippen molar-refractivity contribution in [2.75, 3.05) is 6.54 Å². The summed E-state index contributed by atoms with van der Waals surface area (Å²) in [6.45, 7) is 5.62. The van der Waals surface area contributed by atoms with Crippen molar-refractivity contribution in [3.8, 4) is 0 Å². The minimum Gasteiger partial charge on any atom is -0.310 e. The highest BCUT2D eigenvalue weighted by Crippen LogP contribution is 2.39. The number of rotatable bonds is 4. The van der Waals surface area contributed by atoms with Crippen molar-refractivity contribution in [2.45, 2.75) is 45.6 Å². The van der Waals surface area contributed by atoms with Gasteiger partial charge in [0.1, 0.15) is 0 Å². The summed E-state index contributed by atoms with van der Waals surface area (Å²) in [6, 6.07) is 6.98. The number of halogens is 2. The molecule has 0 radical (unpaired) electrons. The molecule has 19 heavy (non-hydrogen) atoms. The Balaban J connectivity index is 2.25. The molecule has 1 nitrogen and oxygen atoms in total. The van der Waals surface area contributed by atoms with Gasteiger partial charge in [0.25, 0.3) is 0 Å².